The zero-order valence-corrected chi connectivity index (χ0v) is 11.6. The Balaban J connectivity index is 2.80. The molecule has 4 heteroatoms. The van der Waals surface area contributed by atoms with Crippen LogP contribution in [0.3, 0.4) is 0 Å². The summed E-state index contributed by atoms with van der Waals surface area (Å²) in [6, 6.07) is 9.73. The second-order valence-electron chi connectivity index (χ2n) is 5.93. The number of carbonyl (C=O) groups excluding carboxylic acids is 1. The second kappa shape index (κ2) is 5.87. The van der Waals surface area contributed by atoms with Crippen molar-refractivity contribution in [3.8, 4) is 0 Å². The molecule has 4 nitrogen and oxygen atoms in total. The van der Waals surface area contributed by atoms with Gasteiger partial charge < -0.3 is 15.2 Å². The number of rotatable bonds is 6. The van der Waals surface area contributed by atoms with E-state index in [2.05, 4.69) is 5.32 Å². The monoisotopic (exact) mass is 263 g/mol. The minimum Gasteiger partial charge on any atom is -0.465 e. The van der Waals surface area contributed by atoms with Gasteiger partial charge in [-0.15, -0.1) is 0 Å². The van der Waals surface area contributed by atoms with Crippen molar-refractivity contribution in [1.29, 1.82) is 0 Å². The van der Waals surface area contributed by atoms with Crippen LogP contribution in [0.15, 0.2) is 30.3 Å². The van der Waals surface area contributed by atoms with Gasteiger partial charge in [0.05, 0.1) is 0 Å². The van der Waals surface area contributed by atoms with E-state index in [0.717, 1.165) is 11.8 Å². The summed E-state index contributed by atoms with van der Waals surface area (Å²) in [5.74, 6) is 0. The predicted molar refractivity (Wildman–Crippen MR) is 74.2 cm³/mol. The van der Waals surface area contributed by atoms with Crippen molar-refractivity contribution in [2.45, 2.75) is 39.2 Å². The first kappa shape index (κ1) is 15.2. The Kier molecular flexibility index (Phi) is 4.70. The van der Waals surface area contributed by atoms with Crippen LogP contribution >= 0.6 is 0 Å². The summed E-state index contributed by atoms with van der Waals surface area (Å²) in [6.07, 6.45) is 0.899. The van der Waals surface area contributed by atoms with Gasteiger partial charge in [0.1, 0.15) is 6.29 Å². The molecule has 0 heterocycles. The van der Waals surface area contributed by atoms with Crippen LogP contribution in [0.5, 0.6) is 0 Å². The molecule has 1 aromatic carbocycles. The van der Waals surface area contributed by atoms with E-state index in [-0.39, 0.29) is 0 Å². The number of hydrogen-bond acceptors (Lipinski definition) is 2. The molecule has 0 aromatic heterocycles. The number of aldehydes is 1. The Labute approximate surface area is 113 Å². The molecule has 1 unspecified atom stereocenters. The van der Waals surface area contributed by atoms with E-state index in [1.807, 2.05) is 37.3 Å². The first-order chi connectivity index (χ1) is 8.76. The summed E-state index contributed by atoms with van der Waals surface area (Å²) in [4.78, 5) is 22.2. The minimum absolute atomic E-state index is 0.449. The number of carboxylic acid groups (broad SMARTS) is 1. The Hall–Kier alpha value is -1.84. The van der Waals surface area contributed by atoms with Gasteiger partial charge in [-0.05, 0) is 32.3 Å². The molecule has 0 radical (unpaired) electrons. The summed E-state index contributed by atoms with van der Waals surface area (Å²) in [6.45, 7) is 5.43. The summed E-state index contributed by atoms with van der Waals surface area (Å²) in [7, 11) is 0. The first-order valence-electron chi connectivity index (χ1n) is 6.28. The van der Waals surface area contributed by atoms with Crippen molar-refractivity contribution in [1.82, 2.24) is 5.32 Å². The van der Waals surface area contributed by atoms with Crippen molar-refractivity contribution in [3.63, 3.8) is 0 Å². The Morgan fingerprint density at radius 3 is 2.32 bits per heavy atom. The molecule has 0 spiro atoms. The summed E-state index contributed by atoms with van der Waals surface area (Å²) < 4.78 is 0. The Bertz CT molecular complexity index is 442. The lowest BCUT2D eigenvalue weighted by Crippen LogP contribution is -2.47. The zero-order valence-electron chi connectivity index (χ0n) is 11.6. The highest BCUT2D eigenvalue weighted by Gasteiger charge is 2.33. The van der Waals surface area contributed by atoms with E-state index < -0.39 is 17.0 Å². The van der Waals surface area contributed by atoms with E-state index >= 15 is 0 Å². The molecule has 0 aliphatic rings. The van der Waals surface area contributed by atoms with Crippen LogP contribution in [0.4, 0.5) is 4.79 Å². The van der Waals surface area contributed by atoms with Crippen LogP contribution in [0.25, 0.3) is 0 Å². The fourth-order valence-electron chi connectivity index (χ4n) is 2.55. The lowest BCUT2D eigenvalue weighted by atomic mass is 9.75. The maximum absolute atomic E-state index is 11.4. The van der Waals surface area contributed by atoms with Crippen molar-refractivity contribution in [2.24, 2.45) is 5.41 Å². The number of carbonyl (C=O) groups is 2. The molecule has 2 N–H and O–H groups in total. The molecule has 0 saturated heterocycles. The lowest BCUT2D eigenvalue weighted by molar-refractivity contribution is -0.116. The Morgan fingerprint density at radius 2 is 1.84 bits per heavy atom. The van der Waals surface area contributed by atoms with Crippen molar-refractivity contribution in [3.05, 3.63) is 35.9 Å². The zero-order chi connectivity index (χ0) is 14.5. The van der Waals surface area contributed by atoms with Crippen LogP contribution in [0, 0.1) is 5.41 Å². The molecule has 0 bridgehead atoms. The van der Waals surface area contributed by atoms with E-state index in [4.69, 9.17) is 5.11 Å². The largest absolute Gasteiger partial charge is 0.465 e. The highest BCUT2D eigenvalue weighted by atomic mass is 16.4. The van der Waals surface area contributed by atoms with Gasteiger partial charge >= 0.3 is 6.09 Å². The van der Waals surface area contributed by atoms with Gasteiger partial charge in [0.25, 0.3) is 0 Å². The smallest absolute Gasteiger partial charge is 0.405 e. The average Bonchev–Trinajstić information content (AvgIpc) is 2.27. The molecule has 0 aliphatic heterocycles. The molecule has 0 saturated carbocycles. The number of benzene rings is 1. The molecular weight excluding hydrogens is 242 g/mol. The van der Waals surface area contributed by atoms with Crippen LogP contribution in [0.2, 0.25) is 0 Å². The molecule has 0 fully saturated rings. The summed E-state index contributed by atoms with van der Waals surface area (Å²) in [5, 5.41) is 11.3. The fraction of sp³-hybridized carbons (Fsp3) is 0.467. The highest BCUT2D eigenvalue weighted by Crippen LogP contribution is 2.30. The maximum Gasteiger partial charge on any atom is 0.405 e. The van der Waals surface area contributed by atoms with Gasteiger partial charge in [0.2, 0.25) is 0 Å². The van der Waals surface area contributed by atoms with Gasteiger partial charge in [0, 0.05) is 11.0 Å². The predicted octanol–water partition coefficient (Wildman–Crippen LogP) is 2.87. The molecular formula is C15H21NO3. The molecule has 104 valence electrons. The molecule has 1 rings (SSSR count). The third-order valence-corrected chi connectivity index (χ3v) is 3.03. The molecule has 1 atom stereocenters. The maximum atomic E-state index is 11.4. The number of amides is 1. The van der Waals surface area contributed by atoms with Crippen molar-refractivity contribution >= 4 is 12.4 Å². The topological polar surface area (TPSA) is 66.4 Å². The SMILES string of the molecule is CC(C=O)(Cc1ccccc1)CC(C)(C)NC(=O)O. The third-order valence-electron chi connectivity index (χ3n) is 3.03. The van der Waals surface area contributed by atoms with Crippen LogP contribution in [-0.4, -0.2) is 23.0 Å². The number of nitrogens with one attached hydrogen (secondary N) is 1. The first-order valence-corrected chi connectivity index (χ1v) is 6.28. The third kappa shape index (κ3) is 5.12. The quantitative estimate of drug-likeness (QED) is 0.775. The average molecular weight is 263 g/mol. The van der Waals surface area contributed by atoms with E-state index in [1.165, 1.54) is 0 Å². The van der Waals surface area contributed by atoms with Gasteiger partial charge in [-0.2, -0.15) is 0 Å². The molecule has 19 heavy (non-hydrogen) atoms. The number of hydrogen-bond donors (Lipinski definition) is 2. The van der Waals surface area contributed by atoms with Crippen LogP contribution < -0.4 is 5.32 Å². The molecule has 1 amide bonds. The Morgan fingerprint density at radius 1 is 1.26 bits per heavy atom. The lowest BCUT2D eigenvalue weighted by Gasteiger charge is -2.33. The van der Waals surface area contributed by atoms with Crippen molar-refractivity contribution < 1.29 is 14.7 Å². The fourth-order valence-corrected chi connectivity index (χ4v) is 2.55. The van der Waals surface area contributed by atoms with Gasteiger partial charge in [-0.25, -0.2) is 4.79 Å². The standard InChI is InChI=1S/C15H21NO3/c1-14(2,16-13(18)19)10-15(3,11-17)9-12-7-5-4-6-8-12/h4-8,11,16H,9-10H2,1-3H3,(H,18,19). The highest BCUT2D eigenvalue weighted by molar-refractivity contribution is 5.66. The van der Waals surface area contributed by atoms with E-state index in [9.17, 15) is 9.59 Å². The molecule has 1 aromatic rings. The van der Waals surface area contributed by atoms with Crippen LogP contribution in [-0.2, 0) is 11.2 Å². The second-order valence-corrected chi connectivity index (χ2v) is 5.93. The summed E-state index contributed by atoms with van der Waals surface area (Å²) in [5.41, 5.74) is -0.160. The summed E-state index contributed by atoms with van der Waals surface area (Å²) >= 11 is 0. The van der Waals surface area contributed by atoms with Crippen molar-refractivity contribution in [2.75, 3.05) is 0 Å². The van der Waals surface area contributed by atoms with E-state index in [0.29, 0.717) is 12.8 Å². The minimum atomic E-state index is -1.07. The van der Waals surface area contributed by atoms with E-state index in [1.54, 1.807) is 13.8 Å². The van der Waals surface area contributed by atoms with Gasteiger partial charge in [-0.3, -0.25) is 0 Å². The van der Waals surface area contributed by atoms with Gasteiger partial charge in [-0.1, -0.05) is 37.3 Å². The van der Waals surface area contributed by atoms with Crippen LogP contribution in [0.1, 0.15) is 32.8 Å². The normalized spacial score (nSPS) is 14.5. The van der Waals surface area contributed by atoms with Gasteiger partial charge in [0.15, 0.2) is 0 Å². The molecule has 0 aliphatic carbocycles.